The third-order valence-electron chi connectivity index (χ3n) is 3.24. The number of ether oxygens (including phenoxy) is 1. The van der Waals surface area contributed by atoms with Crippen LogP contribution in [0.4, 0.5) is 0 Å². The molecule has 0 radical (unpaired) electrons. The molecular weight excluding hydrogens is 314 g/mol. The summed E-state index contributed by atoms with van der Waals surface area (Å²) in [4.78, 5) is 0. The van der Waals surface area contributed by atoms with Crippen molar-refractivity contribution in [2.75, 3.05) is 6.54 Å². The van der Waals surface area contributed by atoms with E-state index in [0.29, 0.717) is 0 Å². The normalized spacial score (nSPS) is 10.6. The number of hydrogen-bond donors (Lipinski definition) is 1. The van der Waals surface area contributed by atoms with Gasteiger partial charge in [0, 0.05) is 11.0 Å². The first-order valence-corrected chi connectivity index (χ1v) is 7.63. The fraction of sp³-hybridized carbons (Fsp3) is 0.294. The largest absolute Gasteiger partial charge is 0.457 e. The average Bonchev–Trinajstić information content (AvgIpc) is 2.42. The van der Waals surface area contributed by atoms with Gasteiger partial charge in [0.15, 0.2) is 0 Å². The molecule has 3 heteroatoms. The quantitative estimate of drug-likeness (QED) is 0.834. The van der Waals surface area contributed by atoms with Crippen molar-refractivity contribution in [3.8, 4) is 11.5 Å². The molecule has 1 N–H and O–H groups in total. The zero-order valence-corrected chi connectivity index (χ0v) is 13.8. The highest BCUT2D eigenvalue weighted by atomic mass is 79.9. The Kier molecular flexibility index (Phi) is 5.21. The van der Waals surface area contributed by atoms with E-state index in [1.807, 2.05) is 24.3 Å². The number of nitrogens with one attached hydrogen (secondary N) is 1. The highest BCUT2D eigenvalue weighted by Gasteiger charge is 2.03. The maximum absolute atomic E-state index is 5.91. The Morgan fingerprint density at radius 3 is 2.25 bits per heavy atom. The van der Waals surface area contributed by atoms with Gasteiger partial charge in [0.2, 0.25) is 0 Å². The van der Waals surface area contributed by atoms with Gasteiger partial charge in [0.1, 0.15) is 11.5 Å². The molecule has 0 heterocycles. The lowest BCUT2D eigenvalue weighted by atomic mass is 10.1. The predicted molar refractivity (Wildman–Crippen MR) is 87.5 cm³/mol. The van der Waals surface area contributed by atoms with Crippen LogP contribution in [0, 0.1) is 13.8 Å². The molecule has 0 aliphatic rings. The van der Waals surface area contributed by atoms with Crippen molar-refractivity contribution in [3.05, 3.63) is 57.6 Å². The lowest BCUT2D eigenvalue weighted by Gasteiger charge is -2.11. The Balaban J connectivity index is 2.13. The van der Waals surface area contributed by atoms with Crippen LogP contribution in [-0.4, -0.2) is 6.54 Å². The van der Waals surface area contributed by atoms with Crippen molar-refractivity contribution in [2.24, 2.45) is 0 Å². The standard InChI is InChI=1S/C17H20BrNO/c1-4-19-11-14-5-6-15(9-12(14)2)20-16-7-8-17(18)13(3)10-16/h5-10,19H,4,11H2,1-3H3. The lowest BCUT2D eigenvalue weighted by Crippen LogP contribution is -2.12. The molecule has 0 unspecified atom stereocenters. The minimum absolute atomic E-state index is 0.865. The fourth-order valence-corrected chi connectivity index (χ4v) is 2.25. The van der Waals surface area contributed by atoms with E-state index in [2.05, 4.69) is 54.2 Å². The maximum Gasteiger partial charge on any atom is 0.127 e. The van der Waals surface area contributed by atoms with Gasteiger partial charge < -0.3 is 10.1 Å². The maximum atomic E-state index is 5.91. The van der Waals surface area contributed by atoms with Crippen molar-refractivity contribution in [1.29, 1.82) is 0 Å². The topological polar surface area (TPSA) is 21.3 Å². The van der Waals surface area contributed by atoms with E-state index in [0.717, 1.165) is 29.1 Å². The van der Waals surface area contributed by atoms with Crippen LogP contribution in [0.3, 0.4) is 0 Å². The first-order valence-electron chi connectivity index (χ1n) is 6.84. The zero-order chi connectivity index (χ0) is 14.5. The van der Waals surface area contributed by atoms with Gasteiger partial charge in [-0.3, -0.25) is 0 Å². The number of aryl methyl sites for hydroxylation is 2. The molecule has 0 aromatic heterocycles. The monoisotopic (exact) mass is 333 g/mol. The van der Waals surface area contributed by atoms with E-state index in [1.165, 1.54) is 16.7 Å². The number of benzene rings is 2. The van der Waals surface area contributed by atoms with E-state index in [9.17, 15) is 0 Å². The molecule has 0 aliphatic carbocycles. The molecule has 2 rings (SSSR count). The van der Waals surface area contributed by atoms with Crippen LogP contribution in [0.1, 0.15) is 23.6 Å². The smallest absolute Gasteiger partial charge is 0.127 e. The van der Waals surface area contributed by atoms with Crippen LogP contribution in [-0.2, 0) is 6.54 Å². The second kappa shape index (κ2) is 6.91. The molecule has 0 bridgehead atoms. The molecule has 0 fully saturated rings. The third-order valence-corrected chi connectivity index (χ3v) is 4.13. The second-order valence-corrected chi connectivity index (χ2v) is 5.74. The minimum Gasteiger partial charge on any atom is -0.457 e. The van der Waals surface area contributed by atoms with Crippen LogP contribution in [0.5, 0.6) is 11.5 Å². The molecule has 0 atom stereocenters. The van der Waals surface area contributed by atoms with Gasteiger partial charge in [-0.1, -0.05) is 28.9 Å². The Hall–Kier alpha value is -1.32. The van der Waals surface area contributed by atoms with Crippen LogP contribution >= 0.6 is 15.9 Å². The Bertz CT molecular complexity index is 596. The summed E-state index contributed by atoms with van der Waals surface area (Å²) >= 11 is 3.50. The molecule has 2 nitrogen and oxygen atoms in total. The highest BCUT2D eigenvalue weighted by Crippen LogP contribution is 2.27. The van der Waals surface area contributed by atoms with Crippen molar-refractivity contribution in [1.82, 2.24) is 5.32 Å². The molecule has 0 amide bonds. The summed E-state index contributed by atoms with van der Waals surface area (Å²) < 4.78 is 7.01. The molecule has 0 spiro atoms. The molecule has 20 heavy (non-hydrogen) atoms. The number of halogens is 1. The third kappa shape index (κ3) is 3.84. The van der Waals surface area contributed by atoms with E-state index in [-0.39, 0.29) is 0 Å². The number of rotatable bonds is 5. The van der Waals surface area contributed by atoms with Crippen molar-refractivity contribution < 1.29 is 4.74 Å². The molecule has 0 saturated heterocycles. The van der Waals surface area contributed by atoms with E-state index in [1.54, 1.807) is 0 Å². The van der Waals surface area contributed by atoms with Gasteiger partial charge in [0.25, 0.3) is 0 Å². The van der Waals surface area contributed by atoms with E-state index >= 15 is 0 Å². The van der Waals surface area contributed by atoms with Gasteiger partial charge >= 0.3 is 0 Å². The van der Waals surface area contributed by atoms with Gasteiger partial charge in [-0.25, -0.2) is 0 Å². The SMILES string of the molecule is CCNCc1ccc(Oc2ccc(Br)c(C)c2)cc1C. The van der Waals surface area contributed by atoms with Crippen LogP contribution < -0.4 is 10.1 Å². The summed E-state index contributed by atoms with van der Waals surface area (Å²) in [6.07, 6.45) is 0. The molecule has 2 aromatic rings. The molecule has 2 aromatic carbocycles. The lowest BCUT2D eigenvalue weighted by molar-refractivity contribution is 0.481. The van der Waals surface area contributed by atoms with Gasteiger partial charge in [-0.2, -0.15) is 0 Å². The highest BCUT2D eigenvalue weighted by molar-refractivity contribution is 9.10. The predicted octanol–water partition coefficient (Wildman–Crippen LogP) is 4.97. The van der Waals surface area contributed by atoms with Crippen molar-refractivity contribution in [2.45, 2.75) is 27.3 Å². The van der Waals surface area contributed by atoms with Gasteiger partial charge in [-0.05, 0) is 67.4 Å². The van der Waals surface area contributed by atoms with Gasteiger partial charge in [-0.15, -0.1) is 0 Å². The zero-order valence-electron chi connectivity index (χ0n) is 12.2. The summed E-state index contributed by atoms with van der Waals surface area (Å²) in [6, 6.07) is 12.3. The number of hydrogen-bond acceptors (Lipinski definition) is 2. The van der Waals surface area contributed by atoms with Crippen LogP contribution in [0.15, 0.2) is 40.9 Å². The first kappa shape index (κ1) is 15.1. The summed E-state index contributed by atoms with van der Waals surface area (Å²) in [5.74, 6) is 1.74. The molecule has 106 valence electrons. The van der Waals surface area contributed by atoms with Crippen LogP contribution in [0.25, 0.3) is 0 Å². The minimum atomic E-state index is 0.865. The second-order valence-electron chi connectivity index (χ2n) is 4.88. The van der Waals surface area contributed by atoms with Gasteiger partial charge in [0.05, 0.1) is 0 Å². The average molecular weight is 334 g/mol. The Labute approximate surface area is 129 Å². The first-order chi connectivity index (χ1) is 9.60. The van der Waals surface area contributed by atoms with E-state index in [4.69, 9.17) is 4.74 Å². The Morgan fingerprint density at radius 2 is 1.65 bits per heavy atom. The molecular formula is C17H20BrNO. The van der Waals surface area contributed by atoms with Crippen LogP contribution in [0.2, 0.25) is 0 Å². The van der Waals surface area contributed by atoms with Crippen molar-refractivity contribution in [3.63, 3.8) is 0 Å². The molecule has 0 saturated carbocycles. The summed E-state index contributed by atoms with van der Waals surface area (Å²) in [6.45, 7) is 8.17. The summed E-state index contributed by atoms with van der Waals surface area (Å²) in [7, 11) is 0. The summed E-state index contributed by atoms with van der Waals surface area (Å²) in [5.41, 5.74) is 3.73. The fourth-order valence-electron chi connectivity index (χ4n) is 2.01. The summed E-state index contributed by atoms with van der Waals surface area (Å²) in [5, 5.41) is 3.34. The Morgan fingerprint density at radius 1 is 1.00 bits per heavy atom. The van der Waals surface area contributed by atoms with Crippen molar-refractivity contribution >= 4 is 15.9 Å². The molecule has 0 aliphatic heterocycles. The van der Waals surface area contributed by atoms with E-state index < -0.39 is 0 Å².